The molecule has 5 N–H and O–H groups in total. The highest BCUT2D eigenvalue weighted by Gasteiger charge is 2.29. The number of nitrogens with one attached hydrogen (secondary N) is 3. The Hall–Kier alpha value is -7.47. The molecule has 2 aromatic heterocycles. The number of hydrogen-bond donors (Lipinski definition) is 4. The Bertz CT molecular complexity index is 2810. The van der Waals surface area contributed by atoms with Crippen molar-refractivity contribution in [2.24, 2.45) is 5.92 Å². The van der Waals surface area contributed by atoms with E-state index < -0.39 is 11.7 Å². The minimum Gasteiger partial charge on any atom is -0.496 e. The Morgan fingerprint density at radius 3 is 2.38 bits per heavy atom. The van der Waals surface area contributed by atoms with E-state index in [1.165, 1.54) is 31.6 Å². The number of ether oxygens (including phenoxy) is 1. The van der Waals surface area contributed by atoms with Gasteiger partial charge in [0, 0.05) is 94.6 Å². The summed E-state index contributed by atoms with van der Waals surface area (Å²) < 4.78 is 36.6. The first-order valence-corrected chi connectivity index (χ1v) is 22.0. The lowest BCUT2D eigenvalue weighted by atomic mass is 10.1. The molecule has 4 aromatic carbocycles. The average molecular weight is 898 g/mol. The zero-order valence-corrected chi connectivity index (χ0v) is 36.4. The molecule has 0 aliphatic carbocycles. The molecule has 1 atom stereocenters. The van der Waals surface area contributed by atoms with Crippen LogP contribution in [0.2, 0.25) is 0 Å². The average Bonchev–Trinajstić information content (AvgIpc) is 4.06. The Balaban J connectivity index is 0.000000621. The Kier molecular flexibility index (Phi) is 12.6. The van der Waals surface area contributed by atoms with E-state index in [0.717, 1.165) is 86.2 Å². The van der Waals surface area contributed by atoms with Gasteiger partial charge in [0.1, 0.15) is 35.2 Å². The van der Waals surface area contributed by atoms with E-state index in [0.29, 0.717) is 59.8 Å². The number of aromatic nitrogens is 4. The lowest BCUT2D eigenvalue weighted by Gasteiger charge is -2.37. The Morgan fingerprint density at radius 2 is 1.65 bits per heavy atom. The number of nitrogens with two attached hydrogens (primary N) is 1. The van der Waals surface area contributed by atoms with E-state index >= 15 is 4.39 Å². The number of rotatable bonds is 10. The van der Waals surface area contributed by atoms with Crippen molar-refractivity contribution in [3.8, 4) is 22.7 Å². The van der Waals surface area contributed by atoms with Crippen LogP contribution in [0.3, 0.4) is 0 Å². The molecule has 16 nitrogen and oxygen atoms in total. The van der Waals surface area contributed by atoms with Gasteiger partial charge in [0.05, 0.1) is 29.4 Å². The largest absolute Gasteiger partial charge is 0.496 e. The van der Waals surface area contributed by atoms with Crippen molar-refractivity contribution < 1.29 is 32.7 Å². The zero-order chi connectivity index (χ0) is 45.9. The van der Waals surface area contributed by atoms with Gasteiger partial charge in [0.25, 0.3) is 11.8 Å². The van der Waals surface area contributed by atoms with Crippen LogP contribution in [-0.4, -0.2) is 101 Å². The number of hydrogen-bond acceptors (Lipinski definition) is 12. The fourth-order valence-electron chi connectivity index (χ4n) is 9.02. The predicted octanol–water partition coefficient (Wildman–Crippen LogP) is 4.99. The molecule has 66 heavy (non-hydrogen) atoms. The maximum Gasteiger partial charge on any atom is 0.255 e. The first kappa shape index (κ1) is 43.8. The normalized spacial score (nSPS) is 17.3. The monoisotopic (exact) mass is 897 g/mol. The predicted molar refractivity (Wildman–Crippen MR) is 244 cm³/mol. The second-order valence-electron chi connectivity index (χ2n) is 16.8. The lowest BCUT2D eigenvalue weighted by molar-refractivity contribution is -0.133. The summed E-state index contributed by atoms with van der Waals surface area (Å²) in [5, 5.41) is 13.3. The molecule has 0 bridgehead atoms. The van der Waals surface area contributed by atoms with E-state index in [1.807, 2.05) is 48.5 Å². The fraction of sp³-hybridized carbons (Fsp3) is 0.312. The van der Waals surface area contributed by atoms with Crippen LogP contribution in [0.5, 0.6) is 5.75 Å². The van der Waals surface area contributed by atoms with Gasteiger partial charge in [-0.15, -0.1) is 0 Å². The van der Waals surface area contributed by atoms with Crippen molar-refractivity contribution in [3.63, 3.8) is 0 Å². The Labute approximate surface area is 379 Å². The maximum atomic E-state index is 16.0. The summed E-state index contributed by atoms with van der Waals surface area (Å²) in [5.41, 5.74) is 13.0. The fourth-order valence-corrected chi connectivity index (χ4v) is 9.02. The topological polar surface area (TPSA) is 193 Å². The number of piperazine rings is 1. The molecule has 4 amide bonds. The molecule has 6 aromatic rings. The molecule has 3 fully saturated rings. The van der Waals surface area contributed by atoms with Gasteiger partial charge in [-0.1, -0.05) is 24.3 Å². The van der Waals surface area contributed by atoms with Crippen LogP contribution in [0.25, 0.3) is 28.0 Å². The zero-order valence-electron chi connectivity index (χ0n) is 36.4. The summed E-state index contributed by atoms with van der Waals surface area (Å²) in [4.78, 5) is 61.2. The quantitative estimate of drug-likeness (QED) is 0.135. The minimum atomic E-state index is -0.534. The summed E-state index contributed by atoms with van der Waals surface area (Å²) >= 11 is 0. The molecule has 0 radical (unpaired) electrons. The highest BCUT2D eigenvalue weighted by Crippen LogP contribution is 2.34. The second-order valence-corrected chi connectivity index (χ2v) is 16.8. The number of nitrogen functional groups attached to an aromatic ring is 1. The van der Waals surface area contributed by atoms with Crippen LogP contribution in [0.1, 0.15) is 57.5 Å². The number of benzene rings is 4. The van der Waals surface area contributed by atoms with Crippen molar-refractivity contribution in [1.82, 2.24) is 40.6 Å². The molecule has 340 valence electrons. The van der Waals surface area contributed by atoms with Gasteiger partial charge in [0.15, 0.2) is 5.65 Å². The minimum absolute atomic E-state index is 0.00349. The molecule has 10 rings (SSSR count). The summed E-state index contributed by atoms with van der Waals surface area (Å²) in [6.07, 6.45) is 4.08. The number of methoxy groups -OCH3 is 1. The number of fused-ring (bicyclic) bond motifs is 2. The van der Waals surface area contributed by atoms with Gasteiger partial charge in [0.2, 0.25) is 11.8 Å². The third-order valence-electron chi connectivity index (χ3n) is 12.5. The third-order valence-corrected chi connectivity index (χ3v) is 12.5. The molecule has 4 aliphatic heterocycles. The van der Waals surface area contributed by atoms with Crippen molar-refractivity contribution in [3.05, 3.63) is 119 Å². The Morgan fingerprint density at radius 1 is 0.879 bits per heavy atom. The standard InChI is InChI=1S/C43H42F2N10O3.C5H7NO2/c1-58-37-11-6-30(44)19-34(37)43(57)47-21-26-2-4-28(5-3-26)39-38-40(46)49-25-50-41(38)55(51-39)32-8-10-36(35(45)20-32)54-13-12-27(24-54)23-52-14-16-53(17-15-52)31-7-9-33-29(18-31)22-48-42(33)56;7-4-2-1-3-5(8)6-4/h2-11,18-20,25,27H,12-17,21-24H2,1H3,(H,47,57)(H,48,56)(H2,46,49,50);1-3H2,(H,6,7,8). The first-order valence-electron chi connectivity index (χ1n) is 22.0. The number of anilines is 3. The van der Waals surface area contributed by atoms with Crippen molar-refractivity contribution >= 4 is 51.9 Å². The summed E-state index contributed by atoms with van der Waals surface area (Å²) in [5.74, 6) is -0.661. The summed E-state index contributed by atoms with van der Waals surface area (Å²) in [6.45, 7) is 7.07. The van der Waals surface area contributed by atoms with E-state index in [2.05, 4.69) is 46.7 Å². The van der Waals surface area contributed by atoms with Crippen LogP contribution in [0.4, 0.5) is 26.0 Å². The molecule has 0 spiro atoms. The van der Waals surface area contributed by atoms with Gasteiger partial charge < -0.3 is 30.9 Å². The third kappa shape index (κ3) is 9.35. The van der Waals surface area contributed by atoms with Crippen LogP contribution in [-0.2, 0) is 22.7 Å². The van der Waals surface area contributed by atoms with E-state index in [-0.39, 0.29) is 47.2 Å². The van der Waals surface area contributed by atoms with Crippen molar-refractivity contribution in [2.45, 2.75) is 38.8 Å². The summed E-state index contributed by atoms with van der Waals surface area (Å²) in [7, 11) is 1.42. The highest BCUT2D eigenvalue weighted by atomic mass is 19.1. The van der Waals surface area contributed by atoms with E-state index in [1.54, 1.807) is 4.68 Å². The van der Waals surface area contributed by atoms with Crippen molar-refractivity contribution in [1.29, 1.82) is 0 Å². The number of piperidine rings is 1. The summed E-state index contributed by atoms with van der Waals surface area (Å²) in [6, 6.07) is 22.5. The van der Waals surface area contributed by atoms with Gasteiger partial charge in [-0.2, -0.15) is 5.10 Å². The molecule has 6 heterocycles. The highest BCUT2D eigenvalue weighted by molar-refractivity contribution is 6.00. The second kappa shape index (κ2) is 18.9. The lowest BCUT2D eigenvalue weighted by Crippen LogP contribution is -2.48. The molecule has 0 saturated carbocycles. The molecule has 1 unspecified atom stereocenters. The molecule has 4 aliphatic rings. The van der Waals surface area contributed by atoms with Crippen LogP contribution < -0.4 is 36.2 Å². The number of nitrogens with zero attached hydrogens (tertiary/aromatic N) is 7. The number of imide groups is 1. The number of carbonyl (C=O) groups excluding carboxylic acids is 4. The number of halogens is 2. The van der Waals surface area contributed by atoms with Gasteiger partial charge in [-0.3, -0.25) is 29.4 Å². The first-order chi connectivity index (χ1) is 32.0. The van der Waals surface area contributed by atoms with E-state index in [4.69, 9.17) is 15.6 Å². The van der Waals surface area contributed by atoms with Crippen LogP contribution in [0, 0.1) is 17.6 Å². The SMILES string of the molecule is COc1ccc(F)cc1C(=O)NCc1ccc(-c2nn(-c3ccc(N4CCC(CN5CCN(c6ccc7c(c6)CNC7=O)CC5)C4)c(F)c3)c3ncnc(N)c23)cc1.O=C1CCCC(=O)N1. The smallest absolute Gasteiger partial charge is 0.255 e. The molecular weight excluding hydrogens is 849 g/mol. The van der Waals surface area contributed by atoms with E-state index in [9.17, 15) is 23.6 Å². The molecular formula is C48H49F2N11O5. The van der Waals surface area contributed by atoms with Crippen LogP contribution in [0.15, 0.2) is 85.2 Å². The van der Waals surface area contributed by atoms with Crippen molar-refractivity contribution in [2.75, 3.05) is 68.5 Å². The number of amides is 4. The van der Waals surface area contributed by atoms with Crippen LogP contribution >= 0.6 is 0 Å². The molecule has 3 saturated heterocycles. The van der Waals surface area contributed by atoms with Gasteiger partial charge in [-0.25, -0.2) is 23.4 Å². The molecule has 18 heteroatoms. The van der Waals surface area contributed by atoms with Gasteiger partial charge in [-0.05, 0) is 78.4 Å². The number of carbonyl (C=O) groups is 4. The maximum absolute atomic E-state index is 16.0. The van der Waals surface area contributed by atoms with Gasteiger partial charge >= 0.3 is 0 Å².